The monoisotopic (exact) mass is 254 g/mol. The van der Waals surface area contributed by atoms with Crippen molar-refractivity contribution in [2.75, 3.05) is 19.6 Å². The fourth-order valence-electron chi connectivity index (χ4n) is 2.36. The molecule has 0 aromatic carbocycles. The number of amides is 1. The molecule has 0 bridgehead atoms. The Morgan fingerprint density at radius 3 is 2.72 bits per heavy atom. The Kier molecular flexibility index (Phi) is 6.13. The Hall–Kier alpha value is -0.570. The fraction of sp³-hybridized carbons (Fsp3) is 0.933. The molecule has 106 valence electrons. The minimum absolute atomic E-state index is 0.255. The molecule has 1 heterocycles. The van der Waals surface area contributed by atoms with E-state index in [1.54, 1.807) is 0 Å². The summed E-state index contributed by atoms with van der Waals surface area (Å²) in [7, 11) is 0. The van der Waals surface area contributed by atoms with Crippen LogP contribution in [-0.2, 0) is 4.79 Å². The van der Waals surface area contributed by atoms with Crippen molar-refractivity contribution in [1.29, 1.82) is 0 Å². The van der Waals surface area contributed by atoms with E-state index < -0.39 is 0 Å². The van der Waals surface area contributed by atoms with E-state index in [0.29, 0.717) is 18.4 Å². The third-order valence-electron chi connectivity index (χ3n) is 3.55. The van der Waals surface area contributed by atoms with Gasteiger partial charge in [0.2, 0.25) is 5.91 Å². The zero-order valence-corrected chi connectivity index (χ0v) is 12.6. The zero-order chi connectivity index (χ0) is 13.6. The van der Waals surface area contributed by atoms with E-state index in [2.05, 4.69) is 37.9 Å². The average Bonchev–Trinajstić information content (AvgIpc) is 2.33. The van der Waals surface area contributed by atoms with E-state index >= 15 is 0 Å². The van der Waals surface area contributed by atoms with Gasteiger partial charge in [-0.25, -0.2) is 0 Å². The van der Waals surface area contributed by atoms with Gasteiger partial charge in [-0.1, -0.05) is 27.7 Å². The molecule has 1 fully saturated rings. The van der Waals surface area contributed by atoms with Crippen LogP contribution in [0.5, 0.6) is 0 Å². The van der Waals surface area contributed by atoms with Crippen molar-refractivity contribution in [3.8, 4) is 0 Å². The van der Waals surface area contributed by atoms with Crippen molar-refractivity contribution in [3.05, 3.63) is 0 Å². The molecule has 1 aliphatic heterocycles. The van der Waals surface area contributed by atoms with E-state index in [4.69, 9.17) is 0 Å². The highest BCUT2D eigenvalue weighted by Gasteiger charge is 2.23. The van der Waals surface area contributed by atoms with Gasteiger partial charge in [-0.2, -0.15) is 0 Å². The summed E-state index contributed by atoms with van der Waals surface area (Å²) in [6.45, 7) is 11.7. The molecule has 0 aromatic heterocycles. The minimum Gasteiger partial charge on any atom is -0.341 e. The Morgan fingerprint density at radius 1 is 1.39 bits per heavy atom. The Balaban J connectivity index is 2.34. The van der Waals surface area contributed by atoms with Crippen molar-refractivity contribution in [2.24, 2.45) is 5.41 Å². The molecule has 1 rings (SSSR count). The van der Waals surface area contributed by atoms with E-state index in [9.17, 15) is 4.79 Å². The lowest BCUT2D eigenvalue weighted by Crippen LogP contribution is -2.48. The van der Waals surface area contributed by atoms with Gasteiger partial charge in [0, 0.05) is 25.6 Å². The number of nitrogens with one attached hydrogen (secondary N) is 1. The van der Waals surface area contributed by atoms with Crippen molar-refractivity contribution in [2.45, 2.75) is 65.8 Å². The molecule has 1 unspecified atom stereocenters. The Labute approximate surface area is 112 Å². The van der Waals surface area contributed by atoms with Gasteiger partial charge in [-0.15, -0.1) is 0 Å². The van der Waals surface area contributed by atoms with Gasteiger partial charge in [-0.3, -0.25) is 4.79 Å². The number of likely N-dealkylation sites (tertiary alicyclic amines) is 1. The largest absolute Gasteiger partial charge is 0.341 e. The number of carbonyl (C=O) groups is 1. The van der Waals surface area contributed by atoms with Crippen molar-refractivity contribution < 1.29 is 4.79 Å². The number of rotatable bonds is 5. The summed E-state index contributed by atoms with van der Waals surface area (Å²) in [5, 5.41) is 3.53. The number of piperidine rings is 1. The number of hydrogen-bond acceptors (Lipinski definition) is 2. The molecule has 1 N–H and O–H groups in total. The summed E-state index contributed by atoms with van der Waals surface area (Å²) in [5.41, 5.74) is 0.255. The van der Waals surface area contributed by atoms with E-state index in [1.807, 2.05) is 0 Å². The van der Waals surface area contributed by atoms with Crippen LogP contribution in [-0.4, -0.2) is 36.5 Å². The van der Waals surface area contributed by atoms with Gasteiger partial charge < -0.3 is 10.2 Å². The number of carbonyl (C=O) groups excluding carboxylic acids is 1. The second-order valence-electron chi connectivity index (χ2n) is 6.69. The summed E-state index contributed by atoms with van der Waals surface area (Å²) in [6.07, 6.45) is 5.19. The molecule has 0 radical (unpaired) electrons. The van der Waals surface area contributed by atoms with Crippen LogP contribution in [0.1, 0.15) is 59.8 Å². The van der Waals surface area contributed by atoms with Gasteiger partial charge in [0.1, 0.15) is 0 Å². The summed E-state index contributed by atoms with van der Waals surface area (Å²) in [4.78, 5) is 14.2. The molecule has 3 heteroatoms. The number of nitrogens with zero attached hydrogens (tertiary/aromatic N) is 1. The molecule has 0 aromatic rings. The summed E-state index contributed by atoms with van der Waals surface area (Å²) in [6, 6.07) is 0.511. The predicted molar refractivity (Wildman–Crippen MR) is 76.6 cm³/mol. The predicted octanol–water partition coefficient (Wildman–Crippen LogP) is 2.80. The molecule has 18 heavy (non-hydrogen) atoms. The molecule has 0 aliphatic carbocycles. The first-order valence-electron chi connectivity index (χ1n) is 7.43. The van der Waals surface area contributed by atoms with Crippen LogP contribution in [0, 0.1) is 5.41 Å². The van der Waals surface area contributed by atoms with E-state index in [-0.39, 0.29) is 5.41 Å². The number of hydrogen-bond donors (Lipinski definition) is 1. The lowest BCUT2D eigenvalue weighted by Gasteiger charge is -2.34. The van der Waals surface area contributed by atoms with Crippen LogP contribution in [0.2, 0.25) is 0 Å². The lowest BCUT2D eigenvalue weighted by molar-refractivity contribution is -0.133. The van der Waals surface area contributed by atoms with Crippen LogP contribution in [0.15, 0.2) is 0 Å². The first-order valence-corrected chi connectivity index (χ1v) is 7.43. The van der Waals surface area contributed by atoms with E-state index in [1.165, 1.54) is 6.42 Å². The first kappa shape index (κ1) is 15.5. The molecule has 0 spiro atoms. The van der Waals surface area contributed by atoms with Crippen LogP contribution in [0.3, 0.4) is 0 Å². The summed E-state index contributed by atoms with van der Waals surface area (Å²) in [5.74, 6) is 0.341. The van der Waals surface area contributed by atoms with Crippen molar-refractivity contribution in [1.82, 2.24) is 10.2 Å². The maximum absolute atomic E-state index is 12.2. The molecular weight excluding hydrogens is 224 g/mol. The van der Waals surface area contributed by atoms with Gasteiger partial charge in [0.15, 0.2) is 0 Å². The molecular formula is C15H30N2O. The topological polar surface area (TPSA) is 32.3 Å². The van der Waals surface area contributed by atoms with Crippen LogP contribution in [0.4, 0.5) is 0 Å². The highest BCUT2D eigenvalue weighted by molar-refractivity contribution is 5.76. The van der Waals surface area contributed by atoms with Gasteiger partial charge in [0.25, 0.3) is 0 Å². The molecule has 1 saturated heterocycles. The maximum Gasteiger partial charge on any atom is 0.222 e. The fourth-order valence-corrected chi connectivity index (χ4v) is 2.36. The van der Waals surface area contributed by atoms with Gasteiger partial charge in [0.05, 0.1) is 0 Å². The highest BCUT2D eigenvalue weighted by atomic mass is 16.2. The quantitative estimate of drug-likeness (QED) is 0.818. The van der Waals surface area contributed by atoms with E-state index in [0.717, 1.165) is 38.9 Å². The maximum atomic E-state index is 12.2. The molecule has 1 amide bonds. The van der Waals surface area contributed by atoms with Crippen molar-refractivity contribution >= 4 is 5.91 Å². The van der Waals surface area contributed by atoms with Crippen LogP contribution in [0.25, 0.3) is 0 Å². The van der Waals surface area contributed by atoms with Gasteiger partial charge in [-0.05, 0) is 37.6 Å². The standard InChI is InChI=1S/C15H30N2O/c1-5-10-16-13-7-6-11-17(12-13)14(18)8-9-15(2,3)4/h13,16H,5-12H2,1-4H3. The van der Waals surface area contributed by atoms with Crippen LogP contribution < -0.4 is 5.32 Å². The second kappa shape index (κ2) is 7.13. The first-order chi connectivity index (χ1) is 8.42. The third-order valence-corrected chi connectivity index (χ3v) is 3.55. The third kappa shape index (κ3) is 5.85. The summed E-state index contributed by atoms with van der Waals surface area (Å²) < 4.78 is 0. The van der Waals surface area contributed by atoms with Crippen LogP contribution >= 0.6 is 0 Å². The SMILES string of the molecule is CCCNC1CCCN(C(=O)CCC(C)(C)C)C1. The second-order valence-corrected chi connectivity index (χ2v) is 6.69. The Bertz CT molecular complexity index is 258. The smallest absolute Gasteiger partial charge is 0.222 e. The molecule has 0 saturated carbocycles. The Morgan fingerprint density at radius 2 is 2.11 bits per heavy atom. The minimum atomic E-state index is 0.255. The van der Waals surface area contributed by atoms with Crippen molar-refractivity contribution in [3.63, 3.8) is 0 Å². The highest BCUT2D eigenvalue weighted by Crippen LogP contribution is 2.22. The molecule has 1 aliphatic rings. The normalized spacial score (nSPS) is 21.1. The van der Waals surface area contributed by atoms with Gasteiger partial charge >= 0.3 is 0 Å². The molecule has 3 nitrogen and oxygen atoms in total. The summed E-state index contributed by atoms with van der Waals surface area (Å²) >= 11 is 0. The molecule has 1 atom stereocenters. The average molecular weight is 254 g/mol. The zero-order valence-electron chi connectivity index (χ0n) is 12.6. The lowest BCUT2D eigenvalue weighted by atomic mass is 9.90.